The number of thiocarbonyl (C=S) groups is 1. The first-order valence-electron chi connectivity index (χ1n) is 8.34. The summed E-state index contributed by atoms with van der Waals surface area (Å²) in [6.45, 7) is 6.49. The molecular formula is C17H26N4O3S. The van der Waals surface area contributed by atoms with E-state index in [1.54, 1.807) is 7.11 Å². The van der Waals surface area contributed by atoms with Crippen LogP contribution in [0.25, 0.3) is 0 Å². The average Bonchev–Trinajstić information content (AvgIpc) is 2.57. The first-order chi connectivity index (χ1) is 12.0. The molecule has 1 aromatic rings. The molecule has 25 heavy (non-hydrogen) atoms. The van der Waals surface area contributed by atoms with Crippen molar-refractivity contribution in [1.82, 2.24) is 15.8 Å². The van der Waals surface area contributed by atoms with E-state index in [9.17, 15) is 4.79 Å². The number of hydrogen-bond donors (Lipinski definition) is 3. The number of benzene rings is 1. The number of amides is 1. The topological polar surface area (TPSA) is 74.9 Å². The van der Waals surface area contributed by atoms with Gasteiger partial charge in [0.25, 0.3) is 0 Å². The number of hydrogen-bond acceptors (Lipinski definition) is 5. The van der Waals surface area contributed by atoms with Crippen LogP contribution in [0.5, 0.6) is 5.75 Å². The summed E-state index contributed by atoms with van der Waals surface area (Å²) < 4.78 is 10.8. The molecule has 1 aromatic carbocycles. The number of nitrogens with one attached hydrogen (secondary N) is 3. The molecule has 1 heterocycles. The van der Waals surface area contributed by atoms with Crippen molar-refractivity contribution in [3.05, 3.63) is 24.3 Å². The van der Waals surface area contributed by atoms with E-state index in [4.69, 9.17) is 21.7 Å². The monoisotopic (exact) mass is 366 g/mol. The van der Waals surface area contributed by atoms with E-state index in [1.165, 1.54) is 0 Å². The van der Waals surface area contributed by atoms with Crippen molar-refractivity contribution in [2.24, 2.45) is 0 Å². The Bertz CT molecular complexity index is 589. The molecule has 0 spiro atoms. The lowest BCUT2D eigenvalue weighted by Gasteiger charge is -2.35. The number of carbonyl (C=O) groups is 1. The Morgan fingerprint density at radius 1 is 1.32 bits per heavy atom. The molecule has 2 rings (SSSR count). The van der Waals surface area contributed by atoms with Crippen molar-refractivity contribution in [3.8, 4) is 5.75 Å². The number of anilines is 1. The summed E-state index contributed by atoms with van der Waals surface area (Å²) in [5.74, 6) is 0.618. The fraction of sp³-hybridized carbons (Fsp3) is 0.529. The van der Waals surface area contributed by atoms with E-state index < -0.39 is 0 Å². The van der Waals surface area contributed by atoms with Crippen molar-refractivity contribution in [2.75, 3.05) is 32.1 Å². The SMILES string of the molecule is COc1cccc(NC(=S)NNC(=O)CCN2C[C@H](C)O[C@@H](C)C2)c1. The van der Waals surface area contributed by atoms with Crippen LogP contribution in [-0.2, 0) is 9.53 Å². The lowest BCUT2D eigenvalue weighted by Crippen LogP contribution is -2.48. The largest absolute Gasteiger partial charge is 0.497 e. The molecular weight excluding hydrogens is 340 g/mol. The number of morpholine rings is 1. The lowest BCUT2D eigenvalue weighted by atomic mass is 10.2. The van der Waals surface area contributed by atoms with Gasteiger partial charge in [0.2, 0.25) is 5.91 Å². The molecule has 0 aromatic heterocycles. The van der Waals surface area contributed by atoms with Crippen LogP contribution in [0.1, 0.15) is 20.3 Å². The summed E-state index contributed by atoms with van der Waals surface area (Å²) in [6, 6.07) is 7.37. The van der Waals surface area contributed by atoms with Crippen LogP contribution in [0.4, 0.5) is 5.69 Å². The first-order valence-corrected chi connectivity index (χ1v) is 8.75. The van der Waals surface area contributed by atoms with Crippen LogP contribution in [-0.4, -0.2) is 54.9 Å². The Morgan fingerprint density at radius 3 is 2.72 bits per heavy atom. The molecule has 3 N–H and O–H groups in total. The zero-order valence-corrected chi connectivity index (χ0v) is 15.7. The second kappa shape index (κ2) is 9.55. The van der Waals surface area contributed by atoms with Gasteiger partial charge < -0.3 is 14.8 Å². The molecule has 0 aliphatic carbocycles. The van der Waals surface area contributed by atoms with Gasteiger partial charge >= 0.3 is 0 Å². The highest BCUT2D eigenvalue weighted by molar-refractivity contribution is 7.80. The Balaban J connectivity index is 1.67. The predicted molar refractivity (Wildman–Crippen MR) is 102 cm³/mol. The van der Waals surface area contributed by atoms with Gasteiger partial charge in [-0.05, 0) is 38.2 Å². The lowest BCUT2D eigenvalue weighted by molar-refractivity contribution is -0.123. The molecule has 1 aliphatic heterocycles. The van der Waals surface area contributed by atoms with Gasteiger partial charge in [0.05, 0.1) is 19.3 Å². The summed E-state index contributed by atoms with van der Waals surface area (Å²) in [5, 5.41) is 3.30. The molecule has 7 nitrogen and oxygen atoms in total. The maximum absolute atomic E-state index is 12.0. The zero-order valence-electron chi connectivity index (χ0n) is 14.9. The minimum absolute atomic E-state index is 0.110. The van der Waals surface area contributed by atoms with Crippen molar-refractivity contribution in [2.45, 2.75) is 32.5 Å². The normalized spacial score (nSPS) is 20.6. The molecule has 1 fully saturated rings. The van der Waals surface area contributed by atoms with Crippen LogP contribution in [0.2, 0.25) is 0 Å². The summed E-state index contributed by atoms with van der Waals surface area (Å²) in [5.41, 5.74) is 6.10. The first kappa shape index (κ1) is 19.4. The van der Waals surface area contributed by atoms with Gasteiger partial charge in [-0.15, -0.1) is 0 Å². The molecule has 138 valence electrons. The Labute approximate surface area is 154 Å². The molecule has 1 amide bonds. The van der Waals surface area contributed by atoms with Crippen LogP contribution in [0.15, 0.2) is 24.3 Å². The third kappa shape index (κ3) is 6.85. The molecule has 1 aliphatic rings. The molecule has 8 heteroatoms. The molecule has 0 unspecified atom stereocenters. The third-order valence-corrected chi connectivity index (χ3v) is 4.00. The fourth-order valence-electron chi connectivity index (χ4n) is 2.78. The maximum Gasteiger partial charge on any atom is 0.239 e. The molecule has 0 saturated carbocycles. The highest BCUT2D eigenvalue weighted by Gasteiger charge is 2.22. The van der Waals surface area contributed by atoms with Crippen LogP contribution < -0.4 is 20.9 Å². The Hall–Kier alpha value is -1.90. The van der Waals surface area contributed by atoms with Gasteiger partial charge in [0, 0.05) is 37.8 Å². The van der Waals surface area contributed by atoms with Gasteiger partial charge in [-0.2, -0.15) is 0 Å². The summed E-state index contributed by atoms with van der Waals surface area (Å²) in [6.07, 6.45) is 0.794. The van der Waals surface area contributed by atoms with E-state index in [0.717, 1.165) is 24.5 Å². The highest BCUT2D eigenvalue weighted by atomic mass is 32.1. The fourth-order valence-corrected chi connectivity index (χ4v) is 2.95. The van der Waals surface area contributed by atoms with Crippen molar-refractivity contribution < 1.29 is 14.3 Å². The smallest absolute Gasteiger partial charge is 0.239 e. The Morgan fingerprint density at radius 2 is 2.04 bits per heavy atom. The van der Waals surface area contributed by atoms with Crippen molar-refractivity contribution in [3.63, 3.8) is 0 Å². The van der Waals surface area contributed by atoms with Gasteiger partial charge in [-0.1, -0.05) is 6.07 Å². The highest BCUT2D eigenvalue weighted by Crippen LogP contribution is 2.16. The molecule has 0 bridgehead atoms. The van der Waals surface area contributed by atoms with E-state index in [2.05, 4.69) is 21.1 Å². The number of methoxy groups -OCH3 is 1. The quantitative estimate of drug-likeness (QED) is 0.539. The van der Waals surface area contributed by atoms with Gasteiger partial charge in [-0.25, -0.2) is 0 Å². The second-order valence-electron chi connectivity index (χ2n) is 6.13. The van der Waals surface area contributed by atoms with Gasteiger partial charge in [0.15, 0.2) is 5.11 Å². The number of ether oxygens (including phenoxy) is 2. The van der Waals surface area contributed by atoms with Crippen LogP contribution in [0.3, 0.4) is 0 Å². The maximum atomic E-state index is 12.0. The van der Waals surface area contributed by atoms with Crippen LogP contribution >= 0.6 is 12.2 Å². The van der Waals surface area contributed by atoms with Gasteiger partial charge in [-0.3, -0.25) is 20.5 Å². The predicted octanol–water partition coefficient (Wildman–Crippen LogP) is 1.51. The van der Waals surface area contributed by atoms with Crippen molar-refractivity contribution in [1.29, 1.82) is 0 Å². The number of rotatable bonds is 5. The summed E-state index contributed by atoms with van der Waals surface area (Å²) in [7, 11) is 1.60. The summed E-state index contributed by atoms with van der Waals surface area (Å²) >= 11 is 5.17. The van der Waals surface area contributed by atoms with Crippen LogP contribution in [0, 0.1) is 0 Å². The van der Waals surface area contributed by atoms with Gasteiger partial charge in [0.1, 0.15) is 5.75 Å². The van der Waals surface area contributed by atoms with E-state index >= 15 is 0 Å². The molecule has 0 radical (unpaired) electrons. The second-order valence-corrected chi connectivity index (χ2v) is 6.53. The summed E-state index contributed by atoms with van der Waals surface area (Å²) in [4.78, 5) is 14.2. The molecule has 2 atom stereocenters. The number of nitrogens with zero attached hydrogens (tertiary/aromatic N) is 1. The zero-order chi connectivity index (χ0) is 18.2. The minimum atomic E-state index is -0.110. The number of carbonyl (C=O) groups excluding carboxylic acids is 1. The standard InChI is InChI=1S/C17H26N4O3S/c1-12-10-21(11-13(2)24-12)8-7-16(22)19-20-17(25)18-14-5-4-6-15(9-14)23-3/h4-6,9,12-13H,7-8,10-11H2,1-3H3,(H,19,22)(H2,18,20,25)/t12-,13-/m0/s1. The van der Waals surface area contributed by atoms with E-state index in [1.807, 2.05) is 38.1 Å². The third-order valence-electron chi connectivity index (χ3n) is 3.79. The minimum Gasteiger partial charge on any atom is -0.497 e. The van der Waals surface area contributed by atoms with E-state index in [-0.39, 0.29) is 18.1 Å². The number of hydrazine groups is 1. The Kier molecular flexibility index (Phi) is 7.42. The molecule has 1 saturated heterocycles. The van der Waals surface area contributed by atoms with Crippen molar-refractivity contribution >= 4 is 28.9 Å². The van der Waals surface area contributed by atoms with E-state index in [0.29, 0.717) is 18.1 Å². The average molecular weight is 366 g/mol.